The molecule has 8 nitrogen and oxygen atoms in total. The van der Waals surface area contributed by atoms with Crippen molar-refractivity contribution >= 4 is 17.7 Å². The fourth-order valence-corrected chi connectivity index (χ4v) is 1.40. The first-order chi connectivity index (χ1) is 7.56. The van der Waals surface area contributed by atoms with Gasteiger partial charge >= 0.3 is 5.69 Å². The maximum Gasteiger partial charge on any atom is 0.323 e. The first-order valence-corrected chi connectivity index (χ1v) is 4.46. The van der Waals surface area contributed by atoms with Crippen LogP contribution >= 0.6 is 0 Å². The first-order valence-electron chi connectivity index (χ1n) is 4.46. The Balaban J connectivity index is 2.19. The lowest BCUT2D eigenvalue weighted by molar-refractivity contribution is -0.135. The highest BCUT2D eigenvalue weighted by Crippen LogP contribution is 2.01. The highest BCUT2D eigenvalue weighted by molar-refractivity contribution is 6.05. The number of carbonyl (C=O) groups excluding carboxylic acids is 3. The molecule has 1 aromatic heterocycles. The third kappa shape index (κ3) is 1.85. The second-order valence-corrected chi connectivity index (χ2v) is 3.29. The van der Waals surface area contributed by atoms with Crippen LogP contribution in [0.2, 0.25) is 0 Å². The number of rotatable bonds is 1. The molecule has 8 heteroatoms. The molecule has 3 amide bonds. The van der Waals surface area contributed by atoms with Crippen molar-refractivity contribution in [3.63, 3.8) is 0 Å². The quantitative estimate of drug-likeness (QED) is 0.469. The minimum atomic E-state index is -0.568. The van der Waals surface area contributed by atoms with Gasteiger partial charge in [-0.25, -0.2) is 4.79 Å². The summed E-state index contributed by atoms with van der Waals surface area (Å²) in [5.74, 6) is -1.65. The molecule has 0 radical (unpaired) electrons. The molecule has 0 atom stereocenters. The SMILES string of the molecule is O=C1CN(C(=O)c2c[nH]c(=O)[nH]2)CC(=O)N1. The van der Waals surface area contributed by atoms with E-state index in [-0.39, 0.29) is 18.8 Å². The highest BCUT2D eigenvalue weighted by Gasteiger charge is 2.27. The molecule has 3 N–H and O–H groups in total. The van der Waals surface area contributed by atoms with Crippen molar-refractivity contribution in [3.8, 4) is 0 Å². The molecular weight excluding hydrogens is 216 g/mol. The van der Waals surface area contributed by atoms with Crippen LogP contribution in [-0.4, -0.2) is 45.7 Å². The van der Waals surface area contributed by atoms with Crippen molar-refractivity contribution in [2.75, 3.05) is 13.1 Å². The normalized spacial score (nSPS) is 16.1. The molecule has 0 spiro atoms. The lowest BCUT2D eigenvalue weighted by Gasteiger charge is -2.24. The summed E-state index contributed by atoms with van der Waals surface area (Å²) in [6.07, 6.45) is 1.20. The summed E-state index contributed by atoms with van der Waals surface area (Å²) in [6, 6.07) is 0. The second kappa shape index (κ2) is 3.65. The van der Waals surface area contributed by atoms with E-state index in [0.29, 0.717) is 0 Å². The molecule has 2 heterocycles. The van der Waals surface area contributed by atoms with Crippen LogP contribution in [0.15, 0.2) is 11.0 Å². The van der Waals surface area contributed by atoms with Crippen LogP contribution in [0.4, 0.5) is 0 Å². The summed E-state index contributed by atoms with van der Waals surface area (Å²) < 4.78 is 0. The number of hydrogen-bond donors (Lipinski definition) is 3. The van der Waals surface area contributed by atoms with Crippen LogP contribution in [0, 0.1) is 0 Å². The summed E-state index contributed by atoms with van der Waals surface area (Å²) in [6.45, 7) is -0.393. The van der Waals surface area contributed by atoms with Gasteiger partial charge in [0.15, 0.2) is 0 Å². The molecule has 16 heavy (non-hydrogen) atoms. The van der Waals surface area contributed by atoms with E-state index in [4.69, 9.17) is 0 Å². The smallest absolute Gasteiger partial charge is 0.319 e. The predicted molar refractivity (Wildman–Crippen MR) is 50.5 cm³/mol. The summed E-state index contributed by atoms with van der Waals surface area (Å²) in [4.78, 5) is 50.1. The van der Waals surface area contributed by atoms with Gasteiger partial charge in [-0.3, -0.25) is 19.7 Å². The Hall–Kier alpha value is -2.38. The number of carbonyl (C=O) groups is 3. The molecule has 1 fully saturated rings. The number of nitrogens with zero attached hydrogens (tertiary/aromatic N) is 1. The van der Waals surface area contributed by atoms with Gasteiger partial charge in [-0.2, -0.15) is 0 Å². The van der Waals surface area contributed by atoms with E-state index in [1.54, 1.807) is 0 Å². The van der Waals surface area contributed by atoms with E-state index in [9.17, 15) is 19.2 Å². The van der Waals surface area contributed by atoms with E-state index in [1.165, 1.54) is 6.20 Å². The molecule has 0 unspecified atom stereocenters. The van der Waals surface area contributed by atoms with Crippen molar-refractivity contribution in [2.45, 2.75) is 0 Å². The Bertz CT molecular complexity index is 498. The number of amides is 3. The number of aromatic amines is 2. The lowest BCUT2D eigenvalue weighted by Crippen LogP contribution is -2.53. The maximum absolute atomic E-state index is 11.7. The number of aromatic nitrogens is 2. The van der Waals surface area contributed by atoms with Crippen LogP contribution < -0.4 is 11.0 Å². The number of nitrogens with one attached hydrogen (secondary N) is 3. The molecule has 1 aliphatic rings. The number of imide groups is 1. The second-order valence-electron chi connectivity index (χ2n) is 3.29. The van der Waals surface area contributed by atoms with Crippen molar-refractivity contribution < 1.29 is 14.4 Å². The largest absolute Gasteiger partial charge is 0.323 e. The summed E-state index contributed by atoms with van der Waals surface area (Å²) in [5.41, 5.74) is -0.497. The fraction of sp³-hybridized carbons (Fsp3) is 0.250. The molecule has 0 saturated carbocycles. The van der Waals surface area contributed by atoms with Gasteiger partial charge in [0, 0.05) is 6.20 Å². The lowest BCUT2D eigenvalue weighted by atomic mass is 10.3. The predicted octanol–water partition coefficient (Wildman–Crippen LogP) is -2.20. The average Bonchev–Trinajstić information content (AvgIpc) is 2.62. The number of imidazole rings is 1. The van der Waals surface area contributed by atoms with Crippen LogP contribution in [0.5, 0.6) is 0 Å². The zero-order valence-corrected chi connectivity index (χ0v) is 8.07. The molecule has 0 aliphatic carbocycles. The highest BCUT2D eigenvalue weighted by atomic mass is 16.2. The van der Waals surface area contributed by atoms with Crippen molar-refractivity contribution in [3.05, 3.63) is 22.4 Å². The van der Waals surface area contributed by atoms with Gasteiger partial charge in [0.25, 0.3) is 5.91 Å². The van der Waals surface area contributed by atoms with Gasteiger partial charge in [0.1, 0.15) is 18.8 Å². The summed E-state index contributed by atoms with van der Waals surface area (Å²) in [7, 11) is 0. The number of hydrogen-bond acceptors (Lipinski definition) is 4. The average molecular weight is 224 g/mol. The molecule has 0 aromatic carbocycles. The third-order valence-corrected chi connectivity index (χ3v) is 2.06. The Morgan fingerprint density at radius 1 is 1.19 bits per heavy atom. The van der Waals surface area contributed by atoms with Crippen LogP contribution in [0.1, 0.15) is 10.5 Å². The zero-order chi connectivity index (χ0) is 11.7. The molecule has 84 valence electrons. The van der Waals surface area contributed by atoms with E-state index < -0.39 is 23.4 Å². The molecule has 1 aromatic rings. The van der Waals surface area contributed by atoms with Crippen LogP contribution in [0.25, 0.3) is 0 Å². The Labute approximate surface area is 88.6 Å². The number of piperazine rings is 1. The number of H-pyrrole nitrogens is 2. The Morgan fingerprint density at radius 3 is 2.31 bits per heavy atom. The minimum absolute atomic E-state index is 0.0208. The van der Waals surface area contributed by atoms with Gasteiger partial charge in [-0.05, 0) is 0 Å². The summed E-state index contributed by atoms with van der Waals surface area (Å²) >= 11 is 0. The van der Waals surface area contributed by atoms with Gasteiger partial charge in [-0.15, -0.1) is 0 Å². The maximum atomic E-state index is 11.7. The standard InChI is InChI=1S/C8H8N4O4/c13-5-2-12(3-6(14)11-5)7(15)4-1-9-8(16)10-4/h1H,2-3H2,(H2,9,10,16)(H,11,13,14). The van der Waals surface area contributed by atoms with Crippen molar-refractivity contribution in [2.24, 2.45) is 0 Å². The topological polar surface area (TPSA) is 115 Å². The van der Waals surface area contributed by atoms with Gasteiger partial charge in [-0.1, -0.05) is 0 Å². The van der Waals surface area contributed by atoms with E-state index in [2.05, 4.69) is 15.3 Å². The van der Waals surface area contributed by atoms with Gasteiger partial charge < -0.3 is 14.9 Å². The van der Waals surface area contributed by atoms with Gasteiger partial charge in [0.2, 0.25) is 11.8 Å². The minimum Gasteiger partial charge on any atom is -0.319 e. The third-order valence-electron chi connectivity index (χ3n) is 2.06. The Kier molecular flexibility index (Phi) is 2.31. The monoisotopic (exact) mass is 224 g/mol. The Morgan fingerprint density at radius 2 is 1.81 bits per heavy atom. The molecule has 2 rings (SSSR count). The molecule has 1 saturated heterocycles. The molecule has 0 bridgehead atoms. The molecular formula is C8H8N4O4. The summed E-state index contributed by atoms with van der Waals surface area (Å²) in [5, 5.41) is 2.07. The van der Waals surface area contributed by atoms with Crippen LogP contribution in [-0.2, 0) is 9.59 Å². The van der Waals surface area contributed by atoms with E-state index in [1.807, 2.05) is 0 Å². The van der Waals surface area contributed by atoms with E-state index in [0.717, 1.165) is 4.90 Å². The fourth-order valence-electron chi connectivity index (χ4n) is 1.40. The van der Waals surface area contributed by atoms with Crippen molar-refractivity contribution in [1.82, 2.24) is 20.2 Å². The van der Waals surface area contributed by atoms with Crippen molar-refractivity contribution in [1.29, 1.82) is 0 Å². The first kappa shape index (κ1) is 10.1. The molecule has 1 aliphatic heterocycles. The van der Waals surface area contributed by atoms with Gasteiger partial charge in [0.05, 0.1) is 0 Å². The van der Waals surface area contributed by atoms with E-state index >= 15 is 0 Å². The van der Waals surface area contributed by atoms with Crippen LogP contribution in [0.3, 0.4) is 0 Å². The zero-order valence-electron chi connectivity index (χ0n) is 8.07.